The van der Waals surface area contributed by atoms with Gasteiger partial charge in [-0.3, -0.25) is 19.8 Å². The first-order valence-electron chi connectivity index (χ1n) is 4.13. The Bertz CT molecular complexity index is 203. The molecule has 2 amide bonds. The van der Waals surface area contributed by atoms with Crippen LogP contribution in [0.15, 0.2) is 0 Å². The van der Waals surface area contributed by atoms with Crippen LogP contribution in [0.2, 0.25) is 0 Å². The van der Waals surface area contributed by atoms with Crippen LogP contribution in [0.3, 0.4) is 0 Å². The molecule has 12 heavy (non-hydrogen) atoms. The maximum Gasteiger partial charge on any atom is 0.243 e. The van der Waals surface area contributed by atoms with Crippen molar-refractivity contribution in [3.63, 3.8) is 0 Å². The molecule has 0 saturated carbocycles. The fourth-order valence-corrected chi connectivity index (χ4v) is 1.50. The smallest absolute Gasteiger partial charge is 0.243 e. The first-order valence-corrected chi connectivity index (χ1v) is 4.13. The van der Waals surface area contributed by atoms with Crippen LogP contribution in [0.5, 0.6) is 0 Å². The number of imide groups is 1. The van der Waals surface area contributed by atoms with Gasteiger partial charge in [0.05, 0.1) is 6.04 Å². The number of hydrogen-bond donors (Lipinski definition) is 1. The van der Waals surface area contributed by atoms with Gasteiger partial charge in [-0.2, -0.15) is 0 Å². The Balaban J connectivity index is 2.46. The minimum Gasteiger partial charge on any atom is -0.295 e. The van der Waals surface area contributed by atoms with Crippen LogP contribution in [0.4, 0.5) is 0 Å². The molecule has 1 saturated heterocycles. The van der Waals surface area contributed by atoms with Crippen molar-refractivity contribution in [2.45, 2.75) is 25.8 Å². The zero-order valence-corrected chi connectivity index (χ0v) is 7.46. The van der Waals surface area contributed by atoms with Crippen LogP contribution in [-0.2, 0) is 9.59 Å². The summed E-state index contributed by atoms with van der Waals surface area (Å²) in [6.45, 7) is 2.29. The van der Waals surface area contributed by atoms with Crippen molar-refractivity contribution in [2.75, 3.05) is 13.6 Å². The standard InChI is InChI=1S/C8H14N2O2/c1-6(11)9-8(12)7-4-3-5-10(7)2/h7H,3-5H2,1-2H3,(H,9,11,12)/t7-/m0/s1. The fourth-order valence-electron chi connectivity index (χ4n) is 1.50. The maximum absolute atomic E-state index is 11.3. The van der Waals surface area contributed by atoms with E-state index in [0.717, 1.165) is 19.4 Å². The van der Waals surface area contributed by atoms with Crippen molar-refractivity contribution in [3.05, 3.63) is 0 Å². The summed E-state index contributed by atoms with van der Waals surface area (Å²) in [5.41, 5.74) is 0. The highest BCUT2D eigenvalue weighted by atomic mass is 16.2. The number of amides is 2. The van der Waals surface area contributed by atoms with Gasteiger partial charge >= 0.3 is 0 Å². The van der Waals surface area contributed by atoms with Gasteiger partial charge in [0, 0.05) is 6.92 Å². The lowest BCUT2D eigenvalue weighted by Gasteiger charge is -2.17. The molecule has 0 radical (unpaired) electrons. The lowest BCUT2D eigenvalue weighted by atomic mass is 10.2. The van der Waals surface area contributed by atoms with E-state index in [1.807, 2.05) is 11.9 Å². The molecule has 1 aliphatic rings. The van der Waals surface area contributed by atoms with Gasteiger partial charge in [-0.1, -0.05) is 0 Å². The molecule has 0 aromatic rings. The summed E-state index contributed by atoms with van der Waals surface area (Å²) in [7, 11) is 1.90. The van der Waals surface area contributed by atoms with E-state index in [-0.39, 0.29) is 17.9 Å². The fraction of sp³-hybridized carbons (Fsp3) is 0.750. The second-order valence-electron chi connectivity index (χ2n) is 3.18. The molecule has 0 aromatic carbocycles. The molecule has 0 bridgehead atoms. The number of rotatable bonds is 1. The van der Waals surface area contributed by atoms with E-state index >= 15 is 0 Å². The average molecular weight is 170 g/mol. The van der Waals surface area contributed by atoms with Gasteiger partial charge in [0.1, 0.15) is 0 Å². The molecule has 0 aromatic heterocycles. The van der Waals surface area contributed by atoms with Crippen molar-refractivity contribution in [2.24, 2.45) is 0 Å². The first-order chi connectivity index (χ1) is 5.61. The van der Waals surface area contributed by atoms with E-state index in [1.54, 1.807) is 0 Å². The van der Waals surface area contributed by atoms with Gasteiger partial charge in [0.15, 0.2) is 0 Å². The van der Waals surface area contributed by atoms with Crippen LogP contribution in [0, 0.1) is 0 Å². The summed E-state index contributed by atoms with van der Waals surface area (Å²) >= 11 is 0. The van der Waals surface area contributed by atoms with Crippen LogP contribution in [-0.4, -0.2) is 36.3 Å². The molecular weight excluding hydrogens is 156 g/mol. The highest BCUT2D eigenvalue weighted by Gasteiger charge is 2.27. The van der Waals surface area contributed by atoms with Crippen molar-refractivity contribution >= 4 is 11.8 Å². The Hall–Kier alpha value is -0.900. The third kappa shape index (κ3) is 2.04. The molecule has 1 atom stereocenters. The Morgan fingerprint density at radius 2 is 2.17 bits per heavy atom. The second kappa shape index (κ2) is 3.67. The minimum absolute atomic E-state index is 0.103. The van der Waals surface area contributed by atoms with Gasteiger partial charge in [0.25, 0.3) is 0 Å². The number of nitrogens with zero attached hydrogens (tertiary/aromatic N) is 1. The number of nitrogens with one attached hydrogen (secondary N) is 1. The van der Waals surface area contributed by atoms with Crippen LogP contribution >= 0.6 is 0 Å². The van der Waals surface area contributed by atoms with Crippen LogP contribution in [0.1, 0.15) is 19.8 Å². The number of carbonyl (C=O) groups excluding carboxylic acids is 2. The summed E-state index contributed by atoms with van der Waals surface area (Å²) in [5.74, 6) is -0.442. The summed E-state index contributed by atoms with van der Waals surface area (Å²) in [4.78, 5) is 23.8. The topological polar surface area (TPSA) is 49.4 Å². The van der Waals surface area contributed by atoms with Gasteiger partial charge in [-0.05, 0) is 26.4 Å². The second-order valence-corrected chi connectivity index (χ2v) is 3.18. The molecule has 0 spiro atoms. The molecule has 0 aliphatic carbocycles. The molecule has 1 heterocycles. The SMILES string of the molecule is CC(=O)NC(=O)[C@@H]1CCCN1C. The van der Waals surface area contributed by atoms with E-state index in [9.17, 15) is 9.59 Å². The zero-order valence-electron chi connectivity index (χ0n) is 7.46. The van der Waals surface area contributed by atoms with Gasteiger partial charge in [-0.15, -0.1) is 0 Å². The molecule has 1 aliphatic heterocycles. The predicted molar refractivity (Wildman–Crippen MR) is 44.5 cm³/mol. The Morgan fingerprint density at radius 3 is 2.58 bits per heavy atom. The summed E-state index contributed by atoms with van der Waals surface area (Å²) in [6, 6.07) is -0.103. The van der Waals surface area contributed by atoms with Crippen molar-refractivity contribution in [1.82, 2.24) is 10.2 Å². The molecule has 1 fully saturated rings. The highest BCUT2D eigenvalue weighted by molar-refractivity contribution is 5.96. The third-order valence-electron chi connectivity index (χ3n) is 2.12. The van der Waals surface area contributed by atoms with Crippen LogP contribution in [0.25, 0.3) is 0 Å². The molecule has 0 unspecified atom stereocenters. The number of likely N-dealkylation sites (tertiary alicyclic amines) is 1. The third-order valence-corrected chi connectivity index (χ3v) is 2.12. The molecule has 4 nitrogen and oxygen atoms in total. The van der Waals surface area contributed by atoms with Crippen LogP contribution < -0.4 is 5.32 Å². The molecular formula is C8H14N2O2. The van der Waals surface area contributed by atoms with Gasteiger partial charge < -0.3 is 0 Å². The van der Waals surface area contributed by atoms with Crippen molar-refractivity contribution in [3.8, 4) is 0 Å². The Morgan fingerprint density at radius 1 is 1.50 bits per heavy atom. The van der Waals surface area contributed by atoms with E-state index < -0.39 is 0 Å². The van der Waals surface area contributed by atoms with E-state index in [0.29, 0.717) is 0 Å². The zero-order chi connectivity index (χ0) is 9.14. The largest absolute Gasteiger partial charge is 0.295 e. The normalized spacial score (nSPS) is 24.0. The molecule has 1 N–H and O–H groups in total. The van der Waals surface area contributed by atoms with Gasteiger partial charge in [-0.25, -0.2) is 0 Å². The number of carbonyl (C=O) groups is 2. The lowest BCUT2D eigenvalue weighted by molar-refractivity contribution is -0.131. The summed E-state index contributed by atoms with van der Waals surface area (Å²) < 4.78 is 0. The monoisotopic (exact) mass is 170 g/mol. The molecule has 4 heteroatoms. The average Bonchev–Trinajstić information content (AvgIpc) is 2.33. The van der Waals surface area contributed by atoms with E-state index in [4.69, 9.17) is 0 Å². The lowest BCUT2D eigenvalue weighted by Crippen LogP contribution is -2.43. The number of hydrogen-bond acceptors (Lipinski definition) is 3. The molecule has 1 rings (SSSR count). The summed E-state index contributed by atoms with van der Waals surface area (Å²) in [6.07, 6.45) is 1.89. The first kappa shape index (κ1) is 9.19. The van der Waals surface area contributed by atoms with E-state index in [2.05, 4.69) is 5.32 Å². The maximum atomic E-state index is 11.3. The van der Waals surface area contributed by atoms with Gasteiger partial charge in [0.2, 0.25) is 11.8 Å². The molecule has 68 valence electrons. The predicted octanol–water partition coefficient (Wildman–Crippen LogP) is -0.257. The van der Waals surface area contributed by atoms with Crippen molar-refractivity contribution in [1.29, 1.82) is 0 Å². The quantitative estimate of drug-likeness (QED) is 0.590. The highest BCUT2D eigenvalue weighted by Crippen LogP contribution is 2.14. The summed E-state index contributed by atoms with van der Waals surface area (Å²) in [5, 5.41) is 2.30. The number of likely N-dealkylation sites (N-methyl/N-ethyl adjacent to an activating group) is 1. The Labute approximate surface area is 71.9 Å². The Kier molecular flexibility index (Phi) is 2.81. The minimum atomic E-state index is -0.278. The van der Waals surface area contributed by atoms with Crippen molar-refractivity contribution < 1.29 is 9.59 Å². The van der Waals surface area contributed by atoms with E-state index in [1.165, 1.54) is 6.92 Å².